The first-order valence-electron chi connectivity index (χ1n) is 10.3. The molecule has 1 aromatic carbocycles. The van der Waals surface area contributed by atoms with Crippen molar-refractivity contribution in [2.75, 3.05) is 5.73 Å². The van der Waals surface area contributed by atoms with Gasteiger partial charge < -0.3 is 5.73 Å². The summed E-state index contributed by atoms with van der Waals surface area (Å²) in [5, 5.41) is 3.57. The van der Waals surface area contributed by atoms with Gasteiger partial charge in [-0.2, -0.15) is 23.0 Å². The summed E-state index contributed by atoms with van der Waals surface area (Å²) in [6.07, 6.45) is -1.84. The number of benzene rings is 1. The number of aromatic nitrogens is 4. The summed E-state index contributed by atoms with van der Waals surface area (Å²) in [7, 11) is 0. The van der Waals surface area contributed by atoms with Crippen molar-refractivity contribution in [2.24, 2.45) is 0 Å². The van der Waals surface area contributed by atoms with Crippen LogP contribution in [0.1, 0.15) is 61.1 Å². The first kappa shape index (κ1) is 29.3. The van der Waals surface area contributed by atoms with E-state index in [1.807, 2.05) is 55.4 Å². The molecule has 2 heterocycles. The van der Waals surface area contributed by atoms with Crippen molar-refractivity contribution in [3.63, 3.8) is 0 Å². The molecule has 5 nitrogen and oxygen atoms in total. The van der Waals surface area contributed by atoms with Crippen LogP contribution >= 0.6 is 0 Å². The van der Waals surface area contributed by atoms with E-state index in [0.717, 1.165) is 4.68 Å². The lowest BCUT2D eigenvalue weighted by Gasteiger charge is -2.06. The maximum Gasteiger partial charge on any atom is 0.435 e. The lowest BCUT2D eigenvalue weighted by atomic mass is 10.1. The lowest BCUT2D eigenvalue weighted by Crippen LogP contribution is -2.09. The van der Waals surface area contributed by atoms with E-state index in [2.05, 4.69) is 15.1 Å². The fraction of sp³-hybridized carbons (Fsp3) is 0.409. The molecule has 0 unspecified atom stereocenters. The van der Waals surface area contributed by atoms with Gasteiger partial charge in [-0.05, 0) is 11.6 Å². The molecular weight excluding hydrogens is 391 g/mol. The summed E-state index contributed by atoms with van der Waals surface area (Å²) in [5.41, 5.74) is 4.97. The Morgan fingerprint density at radius 3 is 1.67 bits per heavy atom. The van der Waals surface area contributed by atoms with Gasteiger partial charge in [-0.1, -0.05) is 85.7 Å². The number of nitrogens with two attached hydrogens (primary N) is 1. The van der Waals surface area contributed by atoms with Crippen molar-refractivity contribution in [2.45, 2.75) is 61.6 Å². The van der Waals surface area contributed by atoms with Gasteiger partial charge in [-0.3, -0.25) is 0 Å². The van der Waals surface area contributed by atoms with Gasteiger partial charge in [-0.15, -0.1) is 0 Å². The van der Waals surface area contributed by atoms with Crippen LogP contribution in [0, 0.1) is 0 Å². The normalized spacial score (nSPS) is 9.30. The lowest BCUT2D eigenvalue weighted by molar-refractivity contribution is -0.140. The standard InChI is InChI=1S/C14H10F3N5.4C2H6/c15-14(16,17)11-10(9-5-2-1-3-6-9)12(18)22(21-11)13-19-7-4-8-20-13;4*1-2/h1-8H,18H2;4*1-2H3. The van der Waals surface area contributed by atoms with E-state index in [4.69, 9.17) is 5.73 Å². The predicted octanol–water partition coefficient (Wildman–Crippen LogP) is 7.04. The highest BCUT2D eigenvalue weighted by atomic mass is 19.4. The average Bonchev–Trinajstić information content (AvgIpc) is 3.18. The fourth-order valence-electron chi connectivity index (χ4n) is 2.07. The van der Waals surface area contributed by atoms with Crippen molar-refractivity contribution in [3.8, 4) is 17.1 Å². The smallest absolute Gasteiger partial charge is 0.383 e. The Labute approximate surface area is 178 Å². The van der Waals surface area contributed by atoms with Crippen LogP contribution in [0.25, 0.3) is 17.1 Å². The fourth-order valence-corrected chi connectivity index (χ4v) is 2.07. The van der Waals surface area contributed by atoms with Crippen LogP contribution in [-0.4, -0.2) is 19.7 Å². The zero-order chi connectivity index (χ0) is 23.7. The Kier molecular flexibility index (Phi) is 15.6. The number of halogens is 3. The number of nitrogen functional groups attached to an aromatic ring is 1. The van der Waals surface area contributed by atoms with Gasteiger partial charge in [0, 0.05) is 12.4 Å². The third-order valence-corrected chi connectivity index (χ3v) is 2.99. The molecule has 0 saturated carbocycles. The van der Waals surface area contributed by atoms with Crippen LogP contribution in [0.5, 0.6) is 0 Å². The Morgan fingerprint density at radius 1 is 0.767 bits per heavy atom. The van der Waals surface area contributed by atoms with Crippen LogP contribution in [-0.2, 0) is 6.18 Å². The minimum absolute atomic E-state index is 0.0207. The molecule has 3 aromatic rings. The summed E-state index contributed by atoms with van der Waals surface area (Å²) >= 11 is 0. The molecule has 0 atom stereocenters. The van der Waals surface area contributed by atoms with E-state index in [-0.39, 0.29) is 17.3 Å². The van der Waals surface area contributed by atoms with Crippen molar-refractivity contribution in [1.82, 2.24) is 19.7 Å². The molecule has 8 heteroatoms. The average molecular weight is 426 g/mol. The van der Waals surface area contributed by atoms with Crippen LogP contribution in [0.2, 0.25) is 0 Å². The van der Waals surface area contributed by atoms with E-state index in [1.54, 1.807) is 36.4 Å². The molecular formula is C22H34F3N5. The Morgan fingerprint density at radius 2 is 1.23 bits per heavy atom. The van der Waals surface area contributed by atoms with Crippen LogP contribution in [0.15, 0.2) is 48.8 Å². The Hall–Kier alpha value is -2.90. The molecule has 0 bridgehead atoms. The maximum atomic E-state index is 13.3. The van der Waals surface area contributed by atoms with Crippen molar-refractivity contribution in [1.29, 1.82) is 0 Å². The zero-order valence-electron chi connectivity index (χ0n) is 19.1. The second kappa shape index (κ2) is 16.0. The third kappa shape index (κ3) is 7.85. The first-order chi connectivity index (χ1) is 14.5. The zero-order valence-corrected chi connectivity index (χ0v) is 19.1. The largest absolute Gasteiger partial charge is 0.435 e. The molecule has 168 valence electrons. The molecule has 0 amide bonds. The summed E-state index contributed by atoms with van der Waals surface area (Å²) in [6.45, 7) is 16.0. The van der Waals surface area contributed by atoms with E-state index >= 15 is 0 Å². The SMILES string of the molecule is CC.CC.CC.CC.Nc1c(-c2ccccc2)c(C(F)(F)F)nn1-c1ncccn1. The maximum absolute atomic E-state index is 13.3. The van der Waals surface area contributed by atoms with E-state index in [9.17, 15) is 13.2 Å². The number of hydrogen-bond acceptors (Lipinski definition) is 4. The van der Waals surface area contributed by atoms with Crippen LogP contribution < -0.4 is 5.73 Å². The topological polar surface area (TPSA) is 69.6 Å². The van der Waals surface area contributed by atoms with Gasteiger partial charge in [0.05, 0.1) is 5.56 Å². The minimum atomic E-state index is -4.64. The van der Waals surface area contributed by atoms with Crippen LogP contribution in [0.4, 0.5) is 19.0 Å². The summed E-state index contributed by atoms with van der Waals surface area (Å²) < 4.78 is 40.7. The second-order valence-electron chi connectivity index (χ2n) is 4.43. The van der Waals surface area contributed by atoms with Gasteiger partial charge in [0.15, 0.2) is 5.69 Å². The Bertz CT molecular complexity index is 786. The number of anilines is 1. The summed E-state index contributed by atoms with van der Waals surface area (Å²) in [5.74, 6) is -0.183. The van der Waals surface area contributed by atoms with Gasteiger partial charge in [0.2, 0.25) is 0 Å². The van der Waals surface area contributed by atoms with Gasteiger partial charge >= 0.3 is 6.18 Å². The number of rotatable bonds is 2. The van der Waals surface area contributed by atoms with Crippen molar-refractivity contribution in [3.05, 3.63) is 54.5 Å². The van der Waals surface area contributed by atoms with Gasteiger partial charge in [0.1, 0.15) is 5.82 Å². The van der Waals surface area contributed by atoms with E-state index in [0.29, 0.717) is 5.56 Å². The highest BCUT2D eigenvalue weighted by Crippen LogP contribution is 2.40. The molecule has 0 aliphatic rings. The highest BCUT2D eigenvalue weighted by Gasteiger charge is 2.39. The van der Waals surface area contributed by atoms with Crippen molar-refractivity contribution < 1.29 is 13.2 Å². The molecule has 0 radical (unpaired) electrons. The number of nitrogens with zero attached hydrogens (tertiary/aromatic N) is 4. The summed E-state index contributed by atoms with van der Waals surface area (Å²) in [4.78, 5) is 7.76. The second-order valence-corrected chi connectivity index (χ2v) is 4.43. The molecule has 30 heavy (non-hydrogen) atoms. The molecule has 0 fully saturated rings. The molecule has 0 saturated heterocycles. The summed E-state index contributed by atoms with van der Waals surface area (Å²) in [6, 6.07) is 9.60. The molecule has 3 rings (SSSR count). The quantitative estimate of drug-likeness (QED) is 0.478. The third-order valence-electron chi connectivity index (χ3n) is 2.99. The van der Waals surface area contributed by atoms with Gasteiger partial charge in [-0.25, -0.2) is 9.97 Å². The van der Waals surface area contributed by atoms with Gasteiger partial charge in [0.25, 0.3) is 5.95 Å². The monoisotopic (exact) mass is 425 g/mol. The van der Waals surface area contributed by atoms with Crippen molar-refractivity contribution >= 4 is 5.82 Å². The first-order valence-corrected chi connectivity index (χ1v) is 10.3. The van der Waals surface area contributed by atoms with E-state index < -0.39 is 11.9 Å². The van der Waals surface area contributed by atoms with E-state index in [1.165, 1.54) is 12.4 Å². The predicted molar refractivity (Wildman–Crippen MR) is 119 cm³/mol. The van der Waals surface area contributed by atoms with Crippen LogP contribution in [0.3, 0.4) is 0 Å². The highest BCUT2D eigenvalue weighted by molar-refractivity contribution is 5.77. The molecule has 0 aliphatic carbocycles. The molecule has 0 aliphatic heterocycles. The Balaban J connectivity index is 0. The number of alkyl halides is 3. The molecule has 0 spiro atoms. The molecule has 2 N–H and O–H groups in total. The number of hydrogen-bond donors (Lipinski definition) is 1. The minimum Gasteiger partial charge on any atom is -0.383 e. The molecule has 2 aromatic heterocycles.